The van der Waals surface area contributed by atoms with Crippen LogP contribution >= 0.6 is 11.8 Å². The monoisotopic (exact) mass is 753 g/mol. The van der Waals surface area contributed by atoms with Crippen LogP contribution in [0.1, 0.15) is 35.1 Å². The quantitative estimate of drug-likeness (QED) is 0.168. The Morgan fingerprint density at radius 2 is 1.07 bits per heavy atom. The highest BCUT2D eigenvalue weighted by Crippen LogP contribution is 2.65. The van der Waals surface area contributed by atoms with Gasteiger partial charge in [-0.2, -0.15) is 5.26 Å². The van der Waals surface area contributed by atoms with E-state index in [4.69, 9.17) is 0 Å². The number of hydrogen-bond donors (Lipinski definition) is 0. The minimum absolute atomic E-state index is 0.502. The summed E-state index contributed by atoms with van der Waals surface area (Å²) in [6.07, 6.45) is 3.92. The second-order valence-electron chi connectivity index (χ2n) is 15.7. The van der Waals surface area contributed by atoms with Crippen molar-refractivity contribution in [2.24, 2.45) is 0 Å². The second kappa shape index (κ2) is 12.8. The van der Waals surface area contributed by atoms with Crippen molar-refractivity contribution in [1.29, 1.82) is 5.26 Å². The van der Waals surface area contributed by atoms with Crippen molar-refractivity contribution in [3.8, 4) is 39.4 Å². The van der Waals surface area contributed by atoms with Gasteiger partial charge < -0.3 is 0 Å². The summed E-state index contributed by atoms with van der Waals surface area (Å²) in [6.45, 7) is 0. The highest BCUT2D eigenvalue weighted by atomic mass is 32.2. The Morgan fingerprint density at radius 3 is 1.81 bits per heavy atom. The molecule has 0 bridgehead atoms. The van der Waals surface area contributed by atoms with Gasteiger partial charge >= 0.3 is 0 Å². The molecule has 1 spiro atoms. The van der Waals surface area contributed by atoms with Crippen LogP contribution in [0, 0.1) is 11.3 Å². The van der Waals surface area contributed by atoms with Gasteiger partial charge in [0.2, 0.25) is 0 Å². The fourth-order valence-electron chi connectivity index (χ4n) is 10.6. The first-order chi connectivity index (χ1) is 28.8. The van der Waals surface area contributed by atoms with Gasteiger partial charge in [-0.25, -0.2) is 0 Å². The molecule has 0 fully saturated rings. The van der Waals surface area contributed by atoms with E-state index in [0.717, 1.165) is 24.0 Å². The molecule has 3 aliphatic rings. The molecule has 1 aliphatic heterocycles. The van der Waals surface area contributed by atoms with E-state index >= 15 is 0 Å². The zero-order chi connectivity index (χ0) is 38.4. The van der Waals surface area contributed by atoms with Crippen molar-refractivity contribution in [2.75, 3.05) is 0 Å². The first-order valence-electron chi connectivity index (χ1n) is 20.1. The molecule has 58 heavy (non-hydrogen) atoms. The molecule has 2 heteroatoms. The van der Waals surface area contributed by atoms with Crippen LogP contribution in [0.15, 0.2) is 209 Å². The predicted octanol–water partition coefficient (Wildman–Crippen LogP) is 15.0. The molecule has 0 saturated heterocycles. The lowest BCUT2D eigenvalue weighted by atomic mass is 9.64. The summed E-state index contributed by atoms with van der Waals surface area (Å²) in [5.41, 5.74) is 15.3. The third-order valence-electron chi connectivity index (χ3n) is 12.8. The van der Waals surface area contributed by atoms with Gasteiger partial charge in [0.1, 0.15) is 0 Å². The Bertz CT molecular complexity index is 3270. The summed E-state index contributed by atoms with van der Waals surface area (Å²) in [4.78, 5) is 2.56. The van der Waals surface area contributed by atoms with Crippen molar-refractivity contribution < 1.29 is 0 Å². The average molecular weight is 754 g/mol. The molecule has 0 saturated carbocycles. The summed E-state index contributed by atoms with van der Waals surface area (Å²) in [6, 6.07) is 69.9. The minimum Gasteiger partial charge on any atom is -0.192 e. The zero-order valence-electron chi connectivity index (χ0n) is 31.7. The fraction of sp³-hybridized carbons (Fsp3) is 0.0536. The first kappa shape index (κ1) is 33.2. The molecule has 0 N–H and O–H groups in total. The maximum absolute atomic E-state index is 10.5. The summed E-state index contributed by atoms with van der Waals surface area (Å²) in [5, 5.41) is 18.0. The third kappa shape index (κ3) is 4.54. The number of benzene rings is 9. The molecule has 1 atom stereocenters. The minimum atomic E-state index is -0.502. The smallest absolute Gasteiger partial charge is 0.0994 e. The van der Waals surface area contributed by atoms with Crippen molar-refractivity contribution in [2.45, 2.75) is 28.0 Å². The topological polar surface area (TPSA) is 23.8 Å². The van der Waals surface area contributed by atoms with E-state index in [2.05, 4.69) is 194 Å². The number of hydrogen-bond acceptors (Lipinski definition) is 2. The molecule has 2 aliphatic carbocycles. The van der Waals surface area contributed by atoms with Gasteiger partial charge in [-0.05, 0) is 125 Å². The van der Waals surface area contributed by atoms with Gasteiger partial charge in [0.15, 0.2) is 0 Å². The molecule has 1 nitrogen and oxygen atoms in total. The first-order valence-corrected chi connectivity index (χ1v) is 20.9. The van der Waals surface area contributed by atoms with E-state index in [-0.39, 0.29) is 0 Å². The molecule has 9 aromatic rings. The van der Waals surface area contributed by atoms with Gasteiger partial charge in [0, 0.05) is 15.4 Å². The fourth-order valence-corrected chi connectivity index (χ4v) is 11.9. The van der Waals surface area contributed by atoms with E-state index in [1.54, 1.807) is 0 Å². The van der Waals surface area contributed by atoms with Gasteiger partial charge in [-0.3, -0.25) is 0 Å². The van der Waals surface area contributed by atoms with Crippen LogP contribution in [0.5, 0.6) is 0 Å². The summed E-state index contributed by atoms with van der Waals surface area (Å²) in [7, 11) is 0. The second-order valence-corrected chi connectivity index (χ2v) is 16.7. The molecule has 9 aromatic carbocycles. The normalized spacial score (nSPS) is 16.5. The number of fused-ring (bicyclic) bond motifs is 11. The van der Waals surface area contributed by atoms with Crippen LogP contribution in [0.3, 0.4) is 0 Å². The molecule has 1 heterocycles. The number of nitrogens with zero attached hydrogens (tertiary/aromatic N) is 1. The highest BCUT2D eigenvalue weighted by Gasteiger charge is 2.52. The molecule has 270 valence electrons. The summed E-state index contributed by atoms with van der Waals surface area (Å²) < 4.78 is 0. The van der Waals surface area contributed by atoms with Crippen molar-refractivity contribution in [3.05, 3.63) is 221 Å². The maximum atomic E-state index is 10.5. The summed E-state index contributed by atoms with van der Waals surface area (Å²) >= 11 is 1.90. The lowest BCUT2D eigenvalue weighted by Crippen LogP contribution is -2.33. The van der Waals surface area contributed by atoms with E-state index in [0.29, 0.717) is 0 Å². The molecular formula is C56H35NS. The SMILES string of the molecule is N#CC1=CCCC2=C1c1ccccc1C21c2ccccc2Sc2c(-c3c4ccccc4c(-c4cc(-c5ccccc5)cc5ccccc45)c4ccccc34)cccc21. The lowest BCUT2D eigenvalue weighted by molar-refractivity contribution is 0.664. The van der Waals surface area contributed by atoms with E-state index in [1.165, 1.54) is 103 Å². The summed E-state index contributed by atoms with van der Waals surface area (Å²) in [5.74, 6) is 0. The molecule has 0 radical (unpaired) electrons. The molecule has 0 amide bonds. The molecular weight excluding hydrogens is 719 g/mol. The Hall–Kier alpha value is -6.92. The molecule has 1 unspecified atom stereocenters. The van der Waals surface area contributed by atoms with Crippen molar-refractivity contribution in [1.82, 2.24) is 0 Å². The zero-order valence-corrected chi connectivity index (χ0v) is 32.5. The van der Waals surface area contributed by atoms with Crippen LogP contribution in [0.2, 0.25) is 0 Å². The maximum Gasteiger partial charge on any atom is 0.0994 e. The van der Waals surface area contributed by atoms with E-state index in [9.17, 15) is 5.26 Å². The van der Waals surface area contributed by atoms with Gasteiger partial charge in [0.05, 0.1) is 17.1 Å². The highest BCUT2D eigenvalue weighted by molar-refractivity contribution is 7.99. The Labute approximate surface area is 342 Å². The van der Waals surface area contributed by atoms with Crippen LogP contribution < -0.4 is 0 Å². The molecule has 12 rings (SSSR count). The lowest BCUT2D eigenvalue weighted by Gasteiger charge is -2.42. The van der Waals surface area contributed by atoms with Crippen LogP contribution in [-0.2, 0) is 5.41 Å². The number of rotatable bonds is 3. The van der Waals surface area contributed by atoms with Crippen LogP contribution in [-0.4, -0.2) is 0 Å². The largest absolute Gasteiger partial charge is 0.192 e. The van der Waals surface area contributed by atoms with Crippen molar-refractivity contribution >= 4 is 49.7 Å². The Balaban J connectivity index is 1.19. The predicted molar refractivity (Wildman–Crippen MR) is 242 cm³/mol. The van der Waals surface area contributed by atoms with E-state index in [1.807, 2.05) is 11.8 Å². The average Bonchev–Trinajstić information content (AvgIpc) is 3.59. The number of nitriles is 1. The van der Waals surface area contributed by atoms with Crippen LogP contribution in [0.4, 0.5) is 0 Å². The van der Waals surface area contributed by atoms with E-state index < -0.39 is 5.41 Å². The number of allylic oxidation sites excluding steroid dienone is 4. The van der Waals surface area contributed by atoms with Gasteiger partial charge in [-0.1, -0.05) is 182 Å². The molecule has 0 aromatic heterocycles. The van der Waals surface area contributed by atoms with Gasteiger partial charge in [0.25, 0.3) is 0 Å². The Morgan fingerprint density at radius 1 is 0.483 bits per heavy atom. The van der Waals surface area contributed by atoms with Crippen molar-refractivity contribution in [3.63, 3.8) is 0 Å². The third-order valence-corrected chi connectivity index (χ3v) is 14.1. The standard InChI is InChI=1S/C56H35NS/c57-34-37-19-14-29-49-52(37)44-25-10-11-27-47(44)56(49)48-28-12-13-31-51(48)58-55-45(26-15-30-50(55)56)53-40-21-6-8-23-42(40)54(43-24-9-7-22-41(43)53)46-33-38(35-16-2-1-3-17-35)32-36-18-4-5-20-39(36)46/h1-13,15-28,30-33H,14,29H2. The van der Waals surface area contributed by atoms with Gasteiger partial charge in [-0.15, -0.1) is 0 Å². The Kier molecular flexibility index (Phi) is 7.34. The van der Waals surface area contributed by atoms with Crippen LogP contribution in [0.25, 0.3) is 71.3 Å².